The predicted octanol–water partition coefficient (Wildman–Crippen LogP) is 1.39. The van der Waals surface area contributed by atoms with Gasteiger partial charge in [-0.1, -0.05) is 18.8 Å². The largest absolute Gasteiger partial charge is 0.395 e. The van der Waals surface area contributed by atoms with Gasteiger partial charge in [0.25, 0.3) is 0 Å². The van der Waals surface area contributed by atoms with Gasteiger partial charge < -0.3 is 10.0 Å². The van der Waals surface area contributed by atoms with Crippen molar-refractivity contribution in [1.29, 1.82) is 0 Å². The van der Waals surface area contributed by atoms with E-state index in [0.29, 0.717) is 13.0 Å². The SMILES string of the molecule is CCN(CC(=O)N(C)C)Cc1cc(C#CCCO)cs1. The Morgan fingerprint density at radius 3 is 2.80 bits per heavy atom. The molecule has 0 aliphatic carbocycles. The van der Waals surface area contributed by atoms with Gasteiger partial charge in [-0.2, -0.15) is 0 Å². The molecule has 4 nitrogen and oxygen atoms in total. The summed E-state index contributed by atoms with van der Waals surface area (Å²) in [4.78, 5) is 16.6. The topological polar surface area (TPSA) is 43.8 Å². The number of amides is 1. The molecule has 20 heavy (non-hydrogen) atoms. The van der Waals surface area contributed by atoms with Crippen molar-refractivity contribution in [3.63, 3.8) is 0 Å². The van der Waals surface area contributed by atoms with Gasteiger partial charge in [-0.15, -0.1) is 11.3 Å². The first kappa shape index (κ1) is 16.7. The number of carbonyl (C=O) groups is 1. The zero-order chi connectivity index (χ0) is 15.0. The molecule has 1 amide bonds. The Bertz CT molecular complexity index is 486. The van der Waals surface area contributed by atoms with Crippen LogP contribution in [0.5, 0.6) is 0 Å². The lowest BCUT2D eigenvalue weighted by Crippen LogP contribution is -2.36. The van der Waals surface area contributed by atoms with Crippen LogP contribution in [-0.2, 0) is 11.3 Å². The molecule has 0 bridgehead atoms. The summed E-state index contributed by atoms with van der Waals surface area (Å²) in [6.07, 6.45) is 0.504. The molecule has 0 aromatic carbocycles. The number of hydrogen-bond donors (Lipinski definition) is 1. The van der Waals surface area contributed by atoms with E-state index in [1.807, 2.05) is 5.38 Å². The average Bonchev–Trinajstić information content (AvgIpc) is 2.85. The molecule has 0 radical (unpaired) electrons. The lowest BCUT2D eigenvalue weighted by atomic mass is 10.3. The van der Waals surface area contributed by atoms with E-state index in [0.717, 1.165) is 18.7 Å². The molecule has 1 heterocycles. The second kappa shape index (κ2) is 8.75. The summed E-state index contributed by atoms with van der Waals surface area (Å²) < 4.78 is 0. The van der Waals surface area contributed by atoms with Gasteiger partial charge in [0.2, 0.25) is 5.91 Å². The first-order valence-electron chi connectivity index (χ1n) is 6.66. The maximum atomic E-state index is 11.7. The maximum Gasteiger partial charge on any atom is 0.236 e. The van der Waals surface area contributed by atoms with Crippen molar-refractivity contribution in [2.24, 2.45) is 0 Å². The fourth-order valence-electron chi connectivity index (χ4n) is 1.58. The molecule has 0 aliphatic rings. The zero-order valence-electron chi connectivity index (χ0n) is 12.3. The van der Waals surface area contributed by atoms with Crippen molar-refractivity contribution in [1.82, 2.24) is 9.80 Å². The first-order valence-corrected chi connectivity index (χ1v) is 7.54. The molecule has 0 saturated heterocycles. The Kier molecular flexibility index (Phi) is 7.31. The van der Waals surface area contributed by atoms with Crippen molar-refractivity contribution < 1.29 is 9.90 Å². The molecule has 110 valence electrons. The van der Waals surface area contributed by atoms with Gasteiger partial charge in [0.1, 0.15) is 0 Å². The van der Waals surface area contributed by atoms with Gasteiger partial charge in [0.15, 0.2) is 0 Å². The van der Waals surface area contributed by atoms with E-state index in [1.54, 1.807) is 30.3 Å². The average molecular weight is 294 g/mol. The van der Waals surface area contributed by atoms with Crippen molar-refractivity contribution in [3.05, 3.63) is 21.9 Å². The van der Waals surface area contributed by atoms with E-state index in [2.05, 4.69) is 29.7 Å². The molecule has 1 aromatic rings. The summed E-state index contributed by atoms with van der Waals surface area (Å²) in [5.41, 5.74) is 0.980. The van der Waals surface area contributed by atoms with Crippen molar-refractivity contribution in [2.45, 2.75) is 19.9 Å². The van der Waals surface area contributed by atoms with E-state index in [1.165, 1.54) is 4.88 Å². The normalized spacial score (nSPS) is 10.2. The quantitative estimate of drug-likeness (QED) is 0.807. The molecule has 1 rings (SSSR count). The van der Waals surface area contributed by atoms with E-state index in [4.69, 9.17) is 5.11 Å². The van der Waals surface area contributed by atoms with Crippen LogP contribution in [0.15, 0.2) is 11.4 Å². The van der Waals surface area contributed by atoms with E-state index < -0.39 is 0 Å². The van der Waals surface area contributed by atoms with Gasteiger partial charge in [0.05, 0.1) is 13.2 Å². The Hall–Kier alpha value is -1.35. The van der Waals surface area contributed by atoms with Gasteiger partial charge in [-0.05, 0) is 12.6 Å². The predicted molar refractivity (Wildman–Crippen MR) is 82.5 cm³/mol. The van der Waals surface area contributed by atoms with Crippen LogP contribution in [0.25, 0.3) is 0 Å². The number of nitrogens with zero attached hydrogens (tertiary/aromatic N) is 2. The van der Waals surface area contributed by atoms with Crippen LogP contribution in [0.4, 0.5) is 0 Å². The number of thiophene rings is 1. The summed E-state index contributed by atoms with van der Waals surface area (Å²) in [5, 5.41) is 10.7. The Morgan fingerprint density at radius 1 is 1.45 bits per heavy atom. The molecule has 0 unspecified atom stereocenters. The minimum atomic E-state index is 0.0975. The summed E-state index contributed by atoms with van der Waals surface area (Å²) in [6, 6.07) is 2.05. The Balaban J connectivity index is 2.58. The minimum absolute atomic E-state index is 0.0975. The number of rotatable bonds is 6. The van der Waals surface area contributed by atoms with Crippen molar-refractivity contribution in [3.8, 4) is 11.8 Å². The van der Waals surface area contributed by atoms with Crippen LogP contribution in [0.2, 0.25) is 0 Å². The molecule has 1 N–H and O–H groups in total. The second-order valence-corrected chi connectivity index (χ2v) is 5.66. The highest BCUT2D eigenvalue weighted by atomic mass is 32.1. The third-order valence-electron chi connectivity index (χ3n) is 2.81. The Labute approximate surface area is 125 Å². The van der Waals surface area contributed by atoms with Crippen LogP contribution >= 0.6 is 11.3 Å². The van der Waals surface area contributed by atoms with Crippen LogP contribution in [0.1, 0.15) is 23.8 Å². The monoisotopic (exact) mass is 294 g/mol. The van der Waals surface area contributed by atoms with Crippen molar-refractivity contribution >= 4 is 17.2 Å². The highest BCUT2D eigenvalue weighted by Gasteiger charge is 2.12. The lowest BCUT2D eigenvalue weighted by molar-refractivity contribution is -0.130. The summed E-state index contributed by atoms with van der Waals surface area (Å²) in [5.74, 6) is 6.05. The summed E-state index contributed by atoms with van der Waals surface area (Å²) >= 11 is 1.66. The zero-order valence-corrected chi connectivity index (χ0v) is 13.2. The number of carbonyl (C=O) groups excluding carboxylic acids is 1. The van der Waals surface area contributed by atoms with Crippen LogP contribution in [0, 0.1) is 11.8 Å². The first-order chi connectivity index (χ1) is 9.56. The van der Waals surface area contributed by atoms with E-state index in [-0.39, 0.29) is 12.5 Å². The highest BCUT2D eigenvalue weighted by molar-refractivity contribution is 7.10. The van der Waals surface area contributed by atoms with Crippen LogP contribution in [0.3, 0.4) is 0 Å². The summed E-state index contributed by atoms with van der Waals surface area (Å²) in [7, 11) is 3.55. The number of aliphatic hydroxyl groups is 1. The maximum absolute atomic E-state index is 11.7. The lowest BCUT2D eigenvalue weighted by Gasteiger charge is -2.21. The number of hydrogen-bond acceptors (Lipinski definition) is 4. The van der Waals surface area contributed by atoms with E-state index in [9.17, 15) is 4.79 Å². The van der Waals surface area contributed by atoms with Gasteiger partial charge in [0, 0.05) is 42.9 Å². The number of likely N-dealkylation sites (N-methyl/N-ethyl adjacent to an activating group) is 2. The Morgan fingerprint density at radius 2 is 2.20 bits per heavy atom. The molecule has 0 saturated carbocycles. The molecule has 1 aromatic heterocycles. The van der Waals surface area contributed by atoms with Crippen LogP contribution in [-0.4, -0.2) is 54.6 Å². The molecule has 0 spiro atoms. The highest BCUT2D eigenvalue weighted by Crippen LogP contribution is 2.16. The smallest absolute Gasteiger partial charge is 0.236 e. The third kappa shape index (κ3) is 5.74. The second-order valence-electron chi connectivity index (χ2n) is 4.67. The third-order valence-corrected chi connectivity index (χ3v) is 3.73. The number of aliphatic hydroxyl groups excluding tert-OH is 1. The fraction of sp³-hybridized carbons (Fsp3) is 0.533. The van der Waals surface area contributed by atoms with Gasteiger partial charge >= 0.3 is 0 Å². The molecule has 0 aliphatic heterocycles. The van der Waals surface area contributed by atoms with Gasteiger partial charge in [-0.3, -0.25) is 9.69 Å². The molecular formula is C15H22N2O2S. The minimum Gasteiger partial charge on any atom is -0.395 e. The molecule has 5 heteroatoms. The van der Waals surface area contributed by atoms with Gasteiger partial charge in [-0.25, -0.2) is 0 Å². The van der Waals surface area contributed by atoms with Crippen molar-refractivity contribution in [2.75, 3.05) is 33.8 Å². The molecular weight excluding hydrogens is 272 g/mol. The summed E-state index contributed by atoms with van der Waals surface area (Å²) in [6.45, 7) is 4.19. The van der Waals surface area contributed by atoms with Crippen LogP contribution < -0.4 is 0 Å². The standard InChI is InChI=1S/C15H22N2O2S/c1-4-17(11-15(19)16(2)3)10-14-9-13(12-20-14)7-5-6-8-18/h9,12,18H,4,6,8,10-11H2,1-3H3. The van der Waals surface area contributed by atoms with E-state index >= 15 is 0 Å². The molecule has 0 fully saturated rings. The fourth-order valence-corrected chi connectivity index (χ4v) is 2.44. The molecule has 0 atom stereocenters.